The van der Waals surface area contributed by atoms with Crippen molar-refractivity contribution in [2.24, 2.45) is 0 Å². The second-order valence-electron chi connectivity index (χ2n) is 3.47. The van der Waals surface area contributed by atoms with Crippen molar-refractivity contribution < 1.29 is 19.4 Å². The molecule has 4 heteroatoms. The van der Waals surface area contributed by atoms with Crippen molar-refractivity contribution in [2.75, 3.05) is 6.79 Å². The molecule has 4 nitrogen and oxygen atoms in total. The van der Waals surface area contributed by atoms with Crippen LogP contribution in [0.3, 0.4) is 0 Å². The zero-order valence-corrected chi connectivity index (χ0v) is 8.68. The first-order valence-electron chi connectivity index (χ1n) is 5.04. The molecule has 1 aromatic carbocycles. The zero-order chi connectivity index (χ0) is 11.4. The normalized spacial score (nSPS) is 13.2. The minimum absolute atomic E-state index is 0.275. The molecule has 0 aliphatic carbocycles. The van der Waals surface area contributed by atoms with E-state index in [1.165, 1.54) is 0 Å². The Labute approximate surface area is 93.1 Å². The van der Waals surface area contributed by atoms with Crippen molar-refractivity contribution in [2.45, 2.75) is 12.8 Å². The molecule has 1 N–H and O–H groups in total. The van der Waals surface area contributed by atoms with E-state index >= 15 is 0 Å². The number of benzene rings is 1. The number of carboxylic acid groups (broad SMARTS) is 1. The van der Waals surface area contributed by atoms with Crippen LogP contribution in [0.15, 0.2) is 30.4 Å². The van der Waals surface area contributed by atoms with Crippen LogP contribution in [-0.2, 0) is 11.2 Å². The minimum Gasteiger partial charge on any atom is -0.478 e. The van der Waals surface area contributed by atoms with E-state index in [2.05, 4.69) is 0 Å². The summed E-state index contributed by atoms with van der Waals surface area (Å²) in [6.45, 7) is 0.275. The van der Waals surface area contributed by atoms with Gasteiger partial charge in [0.05, 0.1) is 0 Å². The van der Waals surface area contributed by atoms with Crippen molar-refractivity contribution in [1.29, 1.82) is 0 Å². The number of fused-ring (bicyclic) bond motifs is 1. The van der Waals surface area contributed by atoms with E-state index in [9.17, 15) is 4.79 Å². The monoisotopic (exact) mass is 220 g/mol. The summed E-state index contributed by atoms with van der Waals surface area (Å²) < 4.78 is 10.4. The highest BCUT2D eigenvalue weighted by atomic mass is 16.7. The fourth-order valence-electron chi connectivity index (χ4n) is 1.53. The van der Waals surface area contributed by atoms with Gasteiger partial charge in [0.15, 0.2) is 11.5 Å². The van der Waals surface area contributed by atoms with E-state index in [1.807, 2.05) is 18.2 Å². The van der Waals surface area contributed by atoms with Crippen molar-refractivity contribution in [3.63, 3.8) is 0 Å². The fraction of sp³-hybridized carbons (Fsp3) is 0.250. The van der Waals surface area contributed by atoms with Crippen LogP contribution in [-0.4, -0.2) is 17.9 Å². The van der Waals surface area contributed by atoms with E-state index in [1.54, 1.807) is 6.08 Å². The summed E-state index contributed by atoms with van der Waals surface area (Å²) in [5, 5.41) is 8.41. The molecule has 16 heavy (non-hydrogen) atoms. The Hall–Kier alpha value is -1.97. The molecule has 0 bridgehead atoms. The molecule has 0 radical (unpaired) electrons. The smallest absolute Gasteiger partial charge is 0.327 e. The van der Waals surface area contributed by atoms with Crippen LogP contribution in [0.4, 0.5) is 0 Å². The summed E-state index contributed by atoms with van der Waals surface area (Å²) in [5.74, 6) is 0.621. The Morgan fingerprint density at radius 1 is 1.38 bits per heavy atom. The molecule has 84 valence electrons. The van der Waals surface area contributed by atoms with E-state index in [0.29, 0.717) is 6.42 Å². The summed E-state index contributed by atoms with van der Waals surface area (Å²) in [6.07, 6.45) is 4.30. The highest BCUT2D eigenvalue weighted by Crippen LogP contribution is 2.32. The Morgan fingerprint density at radius 2 is 2.19 bits per heavy atom. The standard InChI is InChI=1S/C12H12O4/c13-12(14)4-2-1-3-9-5-6-10-11(7-9)16-8-15-10/h2,4-7H,1,3,8H2,(H,13,14). The Kier molecular flexibility index (Phi) is 3.10. The lowest BCUT2D eigenvalue weighted by atomic mass is 10.1. The lowest BCUT2D eigenvalue weighted by Crippen LogP contribution is -1.92. The van der Waals surface area contributed by atoms with Crippen molar-refractivity contribution in [3.8, 4) is 11.5 Å². The highest BCUT2D eigenvalue weighted by molar-refractivity contribution is 5.79. The molecular weight excluding hydrogens is 208 g/mol. The Bertz CT molecular complexity index is 423. The molecule has 1 heterocycles. The van der Waals surface area contributed by atoms with Gasteiger partial charge in [-0.05, 0) is 30.5 Å². The van der Waals surface area contributed by atoms with Gasteiger partial charge in [0.25, 0.3) is 0 Å². The second-order valence-corrected chi connectivity index (χ2v) is 3.47. The molecule has 1 aliphatic heterocycles. The SMILES string of the molecule is O=C(O)C=CCCc1ccc2c(c1)OCO2. The first kappa shape index (κ1) is 10.5. The largest absolute Gasteiger partial charge is 0.478 e. The Morgan fingerprint density at radius 3 is 3.00 bits per heavy atom. The van der Waals surface area contributed by atoms with Gasteiger partial charge in [-0.3, -0.25) is 0 Å². The maximum atomic E-state index is 10.2. The Balaban J connectivity index is 1.93. The third-order valence-corrected chi connectivity index (χ3v) is 2.30. The first-order chi connectivity index (χ1) is 7.75. The van der Waals surface area contributed by atoms with Crippen LogP contribution >= 0.6 is 0 Å². The second kappa shape index (κ2) is 4.70. The number of rotatable bonds is 4. The van der Waals surface area contributed by atoms with Crippen molar-refractivity contribution >= 4 is 5.97 Å². The van der Waals surface area contributed by atoms with E-state index in [4.69, 9.17) is 14.6 Å². The fourth-order valence-corrected chi connectivity index (χ4v) is 1.53. The lowest BCUT2D eigenvalue weighted by Gasteiger charge is -2.00. The van der Waals surface area contributed by atoms with Gasteiger partial charge in [-0.25, -0.2) is 4.79 Å². The molecule has 0 saturated heterocycles. The number of aliphatic carboxylic acids is 1. The zero-order valence-electron chi connectivity index (χ0n) is 8.68. The van der Waals surface area contributed by atoms with E-state index < -0.39 is 5.97 Å². The van der Waals surface area contributed by atoms with Gasteiger partial charge in [-0.15, -0.1) is 0 Å². The predicted molar refractivity (Wildman–Crippen MR) is 57.7 cm³/mol. The van der Waals surface area contributed by atoms with Crippen LogP contribution in [0.1, 0.15) is 12.0 Å². The lowest BCUT2D eigenvalue weighted by molar-refractivity contribution is -0.131. The summed E-state index contributed by atoms with van der Waals surface area (Å²) in [4.78, 5) is 10.2. The number of carboxylic acids is 1. The van der Waals surface area contributed by atoms with Gasteiger partial charge in [-0.2, -0.15) is 0 Å². The van der Waals surface area contributed by atoms with Gasteiger partial charge in [0, 0.05) is 6.08 Å². The van der Waals surface area contributed by atoms with Gasteiger partial charge >= 0.3 is 5.97 Å². The average molecular weight is 220 g/mol. The van der Waals surface area contributed by atoms with Crippen LogP contribution < -0.4 is 9.47 Å². The van der Waals surface area contributed by atoms with Crippen molar-refractivity contribution in [3.05, 3.63) is 35.9 Å². The number of carbonyl (C=O) groups is 1. The molecular formula is C12H12O4. The molecule has 0 amide bonds. The topological polar surface area (TPSA) is 55.8 Å². The molecule has 1 aliphatic rings. The van der Waals surface area contributed by atoms with E-state index in [-0.39, 0.29) is 6.79 Å². The molecule has 0 spiro atoms. The van der Waals surface area contributed by atoms with Crippen LogP contribution in [0.25, 0.3) is 0 Å². The number of hydrogen-bond acceptors (Lipinski definition) is 3. The quantitative estimate of drug-likeness (QED) is 0.788. The van der Waals surface area contributed by atoms with Gasteiger partial charge < -0.3 is 14.6 Å². The third-order valence-electron chi connectivity index (χ3n) is 2.30. The van der Waals surface area contributed by atoms with Gasteiger partial charge in [-0.1, -0.05) is 12.1 Å². The highest BCUT2D eigenvalue weighted by Gasteiger charge is 2.12. The van der Waals surface area contributed by atoms with Crippen molar-refractivity contribution in [1.82, 2.24) is 0 Å². The number of hydrogen-bond donors (Lipinski definition) is 1. The maximum Gasteiger partial charge on any atom is 0.327 e. The molecule has 0 unspecified atom stereocenters. The maximum absolute atomic E-state index is 10.2. The molecule has 0 saturated carbocycles. The molecule has 1 aromatic rings. The summed E-state index contributed by atoms with van der Waals surface area (Å²) >= 11 is 0. The average Bonchev–Trinajstić information content (AvgIpc) is 2.71. The number of aryl methyl sites for hydroxylation is 1. The van der Waals surface area contributed by atoms with Crippen LogP contribution in [0, 0.1) is 0 Å². The summed E-state index contributed by atoms with van der Waals surface area (Å²) in [6, 6.07) is 5.76. The van der Waals surface area contributed by atoms with Crippen LogP contribution in [0.5, 0.6) is 11.5 Å². The molecule has 0 fully saturated rings. The molecule has 0 atom stereocenters. The summed E-state index contributed by atoms with van der Waals surface area (Å²) in [5.41, 5.74) is 1.11. The number of allylic oxidation sites excluding steroid dienone is 1. The first-order valence-corrected chi connectivity index (χ1v) is 5.04. The summed E-state index contributed by atoms with van der Waals surface area (Å²) in [7, 11) is 0. The molecule has 2 rings (SSSR count). The predicted octanol–water partition coefficient (Wildman–Crippen LogP) is 1.99. The third kappa shape index (κ3) is 2.53. The van der Waals surface area contributed by atoms with E-state index in [0.717, 1.165) is 29.6 Å². The minimum atomic E-state index is -0.911. The molecule has 0 aromatic heterocycles. The van der Waals surface area contributed by atoms with Gasteiger partial charge in [0.1, 0.15) is 0 Å². The number of ether oxygens (including phenoxy) is 2. The van der Waals surface area contributed by atoms with Gasteiger partial charge in [0.2, 0.25) is 6.79 Å². The van der Waals surface area contributed by atoms with Crippen LogP contribution in [0.2, 0.25) is 0 Å².